The van der Waals surface area contributed by atoms with Gasteiger partial charge in [-0.3, -0.25) is 4.79 Å². The van der Waals surface area contributed by atoms with Crippen molar-refractivity contribution in [3.63, 3.8) is 0 Å². The number of hydrogen-bond donors (Lipinski definition) is 9. The van der Waals surface area contributed by atoms with Gasteiger partial charge in [-0.1, -0.05) is 243 Å². The normalized spacial score (nSPS) is 24.3. The van der Waals surface area contributed by atoms with E-state index in [4.69, 9.17) is 18.9 Å². The van der Waals surface area contributed by atoms with Gasteiger partial charge >= 0.3 is 0 Å². The number of carbonyl (C=O) groups is 1. The lowest BCUT2D eigenvalue weighted by atomic mass is 9.97. The quantitative estimate of drug-likeness (QED) is 0.0204. The van der Waals surface area contributed by atoms with Gasteiger partial charge in [0, 0.05) is 6.42 Å². The van der Waals surface area contributed by atoms with Gasteiger partial charge in [0.05, 0.1) is 32.0 Å². The molecule has 2 saturated heterocycles. The number of carbonyl (C=O) groups excluding carboxylic acids is 1. The second-order valence-electron chi connectivity index (χ2n) is 22.9. The maximum atomic E-state index is 13.3. The summed E-state index contributed by atoms with van der Waals surface area (Å²) in [7, 11) is 0. The van der Waals surface area contributed by atoms with Crippen LogP contribution in [0.5, 0.6) is 0 Å². The molecule has 2 heterocycles. The number of rotatable bonds is 52. The first-order valence-electron chi connectivity index (χ1n) is 33.6. The Hall–Kier alpha value is -4.13. The molecule has 0 aromatic rings. The lowest BCUT2D eigenvalue weighted by Crippen LogP contribution is -2.65. The average molecular weight is 1220 g/mol. The fourth-order valence-electron chi connectivity index (χ4n) is 9.92. The van der Waals surface area contributed by atoms with Crippen LogP contribution in [0.2, 0.25) is 0 Å². The van der Waals surface area contributed by atoms with E-state index in [0.29, 0.717) is 12.8 Å². The lowest BCUT2D eigenvalue weighted by molar-refractivity contribution is -0.359. The van der Waals surface area contributed by atoms with Gasteiger partial charge in [-0.15, -0.1) is 0 Å². The summed E-state index contributed by atoms with van der Waals surface area (Å²) >= 11 is 0. The van der Waals surface area contributed by atoms with Crippen molar-refractivity contribution in [1.29, 1.82) is 0 Å². The van der Waals surface area contributed by atoms with Crippen LogP contribution in [0.3, 0.4) is 0 Å². The van der Waals surface area contributed by atoms with E-state index in [9.17, 15) is 45.6 Å². The molecule has 9 N–H and O–H groups in total. The zero-order chi connectivity index (χ0) is 63.1. The van der Waals surface area contributed by atoms with Gasteiger partial charge in [-0.25, -0.2) is 0 Å². The molecule has 2 aliphatic rings. The molecule has 12 atom stereocenters. The minimum atomic E-state index is -1.80. The van der Waals surface area contributed by atoms with Gasteiger partial charge in [-0.2, -0.15) is 0 Å². The van der Waals surface area contributed by atoms with Crippen molar-refractivity contribution in [2.24, 2.45) is 0 Å². The number of unbranched alkanes of at least 4 members (excludes halogenated alkanes) is 17. The Kier molecular flexibility index (Phi) is 50.7. The molecule has 2 fully saturated rings. The summed E-state index contributed by atoms with van der Waals surface area (Å²) < 4.78 is 22.8. The van der Waals surface area contributed by atoms with E-state index in [2.05, 4.69) is 153 Å². The van der Waals surface area contributed by atoms with Crippen LogP contribution in [0.25, 0.3) is 0 Å². The first kappa shape index (κ1) is 79.0. The summed E-state index contributed by atoms with van der Waals surface area (Å²) in [5, 5.41) is 87.2. The summed E-state index contributed by atoms with van der Waals surface area (Å²) in [6, 6.07) is -0.951. The highest BCUT2D eigenvalue weighted by Crippen LogP contribution is 2.30. The third kappa shape index (κ3) is 40.3. The standard InChI is InChI=1S/C73H119NO13/c1-3-5-7-9-11-13-15-17-19-21-22-23-24-25-26-27-28-29-30-31-32-33-34-35-36-37-38-39-40-41-43-45-47-49-51-53-55-57-65(78)74-61(62(77)56-54-52-50-48-46-44-42-20-18-16-14-12-10-8-6-4-2)60-84-72-70(83)68(81)71(64(59-76)86-72)87-73-69(82)67(80)66(79)63(58-75)85-73/h5,7,11,13,17,19,22-23,25-26,28-29,31-32,34-35,37-38,40-41,46,48,54,56,61-64,66-73,75-77,79-83H,3-4,6,8-10,12,14-16,18,20-21,24,27,30,33,36,39,42-45,47,49-53,55,57-60H2,1-2H3,(H,74,78)/b7-5-,13-11-,19-17-,23-22-,26-25-,29-28-,32-31-,35-34-,38-37-,41-40-,48-46+,56-54+. The molecule has 1 amide bonds. The van der Waals surface area contributed by atoms with E-state index < -0.39 is 86.8 Å². The molecular formula is C73H119NO13. The van der Waals surface area contributed by atoms with Crippen LogP contribution >= 0.6 is 0 Å². The molecule has 14 nitrogen and oxygen atoms in total. The molecule has 0 saturated carbocycles. The van der Waals surface area contributed by atoms with E-state index in [1.54, 1.807) is 6.08 Å². The van der Waals surface area contributed by atoms with Crippen LogP contribution in [0.4, 0.5) is 0 Å². The van der Waals surface area contributed by atoms with Crippen LogP contribution in [-0.4, -0.2) is 140 Å². The molecule has 2 rings (SSSR count). The predicted molar refractivity (Wildman–Crippen MR) is 354 cm³/mol. The zero-order valence-electron chi connectivity index (χ0n) is 53.4. The molecule has 14 heteroatoms. The first-order chi connectivity index (χ1) is 42.6. The van der Waals surface area contributed by atoms with Crippen LogP contribution in [0, 0.1) is 0 Å². The Morgan fingerprint density at radius 2 is 0.805 bits per heavy atom. The molecule has 0 radical (unpaired) electrons. The maximum absolute atomic E-state index is 13.3. The molecule has 12 unspecified atom stereocenters. The number of aliphatic hydroxyl groups excluding tert-OH is 8. The van der Waals surface area contributed by atoms with Crippen LogP contribution in [0.1, 0.15) is 213 Å². The van der Waals surface area contributed by atoms with Gasteiger partial charge in [0.1, 0.15) is 48.8 Å². The third-order valence-electron chi connectivity index (χ3n) is 15.3. The molecular weight excluding hydrogens is 1100 g/mol. The zero-order valence-corrected chi connectivity index (χ0v) is 53.4. The van der Waals surface area contributed by atoms with E-state index in [1.807, 2.05) is 6.08 Å². The second kappa shape index (κ2) is 55.9. The molecule has 0 aromatic heterocycles. The third-order valence-corrected chi connectivity index (χ3v) is 15.3. The number of amides is 1. The summed E-state index contributed by atoms with van der Waals surface area (Å²) in [4.78, 5) is 13.3. The monoisotopic (exact) mass is 1220 g/mol. The Balaban J connectivity index is 1.69. The molecule has 0 aliphatic carbocycles. The molecule has 87 heavy (non-hydrogen) atoms. The predicted octanol–water partition coefficient (Wildman–Crippen LogP) is 13.3. The SMILES string of the molecule is CC/C=C\C/C=C\C/C=C\C/C=C\C/C=C\C/C=C\C/C=C\C/C=C\C/C=C\C/C=C\CCCCCCCCC(=O)NC(COC1OC(CO)C(OC2OC(CO)C(O)C(O)C2O)C(O)C1O)C(O)/C=C/CC/C=C/CCCCCCCCCCCC. The van der Waals surface area contributed by atoms with Crippen molar-refractivity contribution in [1.82, 2.24) is 5.32 Å². The molecule has 494 valence electrons. The number of ether oxygens (including phenoxy) is 4. The number of nitrogens with one attached hydrogen (secondary N) is 1. The van der Waals surface area contributed by atoms with Gasteiger partial charge in [0.15, 0.2) is 12.6 Å². The molecule has 0 spiro atoms. The number of hydrogen-bond acceptors (Lipinski definition) is 13. The van der Waals surface area contributed by atoms with E-state index >= 15 is 0 Å². The Morgan fingerprint density at radius 1 is 0.425 bits per heavy atom. The summed E-state index contributed by atoms with van der Waals surface area (Å²) in [5.41, 5.74) is 0. The summed E-state index contributed by atoms with van der Waals surface area (Å²) in [6.07, 6.45) is 67.5. The van der Waals surface area contributed by atoms with Crippen molar-refractivity contribution >= 4 is 5.91 Å². The Morgan fingerprint density at radius 3 is 1.26 bits per heavy atom. The van der Waals surface area contributed by atoms with Gasteiger partial charge < -0.3 is 65.1 Å². The average Bonchev–Trinajstić information content (AvgIpc) is 2.36. The summed E-state index contributed by atoms with van der Waals surface area (Å²) in [5.74, 6) is -0.270. The van der Waals surface area contributed by atoms with E-state index in [1.165, 1.54) is 64.2 Å². The second-order valence-corrected chi connectivity index (χ2v) is 22.9. The topological polar surface area (TPSA) is 228 Å². The first-order valence-corrected chi connectivity index (χ1v) is 33.6. The van der Waals surface area contributed by atoms with Gasteiger partial charge in [0.25, 0.3) is 0 Å². The van der Waals surface area contributed by atoms with E-state index in [-0.39, 0.29) is 18.9 Å². The van der Waals surface area contributed by atoms with Crippen LogP contribution in [-0.2, 0) is 23.7 Å². The maximum Gasteiger partial charge on any atom is 0.220 e. The van der Waals surface area contributed by atoms with Crippen molar-refractivity contribution in [2.45, 2.75) is 286 Å². The number of aliphatic hydroxyl groups is 8. The van der Waals surface area contributed by atoms with Crippen LogP contribution < -0.4 is 5.32 Å². The van der Waals surface area contributed by atoms with E-state index in [0.717, 1.165) is 116 Å². The van der Waals surface area contributed by atoms with Crippen molar-refractivity contribution in [3.05, 3.63) is 146 Å². The largest absolute Gasteiger partial charge is 0.394 e. The lowest BCUT2D eigenvalue weighted by Gasteiger charge is -2.46. The summed E-state index contributed by atoms with van der Waals surface area (Å²) in [6.45, 7) is 2.64. The fourth-order valence-corrected chi connectivity index (χ4v) is 9.92. The van der Waals surface area contributed by atoms with Crippen molar-refractivity contribution < 1.29 is 64.6 Å². The van der Waals surface area contributed by atoms with Crippen LogP contribution in [0.15, 0.2) is 146 Å². The van der Waals surface area contributed by atoms with Gasteiger partial charge in [0.2, 0.25) is 5.91 Å². The highest BCUT2D eigenvalue weighted by molar-refractivity contribution is 5.76. The number of allylic oxidation sites excluding steroid dienone is 23. The fraction of sp³-hybridized carbons (Fsp3) is 0.658. The highest BCUT2D eigenvalue weighted by Gasteiger charge is 2.51. The molecule has 2 aliphatic heterocycles. The minimum Gasteiger partial charge on any atom is -0.394 e. The highest BCUT2D eigenvalue weighted by atomic mass is 16.7. The van der Waals surface area contributed by atoms with Crippen molar-refractivity contribution in [2.75, 3.05) is 19.8 Å². The van der Waals surface area contributed by atoms with Gasteiger partial charge in [-0.05, 0) is 109 Å². The minimum absolute atomic E-state index is 0.246. The Bertz CT molecular complexity index is 2020. The molecule has 0 bridgehead atoms. The Labute approximate surface area is 525 Å². The smallest absolute Gasteiger partial charge is 0.220 e. The molecule has 0 aromatic carbocycles. The van der Waals surface area contributed by atoms with Crippen molar-refractivity contribution in [3.8, 4) is 0 Å².